The van der Waals surface area contributed by atoms with Crippen molar-refractivity contribution in [2.24, 2.45) is 5.73 Å². The highest BCUT2D eigenvalue weighted by molar-refractivity contribution is 9.10. The number of fused-ring (bicyclic) bond motifs is 1. The first-order valence-corrected chi connectivity index (χ1v) is 7.64. The molecule has 1 amide bonds. The summed E-state index contributed by atoms with van der Waals surface area (Å²) < 4.78 is 8.14. The summed E-state index contributed by atoms with van der Waals surface area (Å²) in [7, 11) is 0. The van der Waals surface area contributed by atoms with E-state index in [2.05, 4.69) is 26.2 Å². The highest BCUT2D eigenvalue weighted by atomic mass is 79.9. The lowest BCUT2D eigenvalue weighted by Gasteiger charge is -2.31. The molecule has 3 heterocycles. The zero-order valence-electron chi connectivity index (χ0n) is 12.3. The van der Waals surface area contributed by atoms with Gasteiger partial charge in [-0.2, -0.15) is 0 Å². The molecule has 9 heteroatoms. The number of rotatable bonds is 3. The van der Waals surface area contributed by atoms with Gasteiger partial charge in [-0.1, -0.05) is 0 Å². The molecule has 0 aromatic carbocycles. The van der Waals surface area contributed by atoms with Gasteiger partial charge in [0.15, 0.2) is 0 Å². The molecule has 0 atom stereocenters. The Morgan fingerprint density at radius 2 is 2.04 bits per heavy atom. The Bertz CT molecular complexity index is 674. The molecule has 2 aromatic rings. The zero-order valence-corrected chi connectivity index (χ0v) is 15.5. The van der Waals surface area contributed by atoms with Gasteiger partial charge in [-0.25, -0.2) is 4.98 Å². The van der Waals surface area contributed by atoms with Gasteiger partial charge in [0.1, 0.15) is 5.65 Å². The topological polar surface area (TPSA) is 81.7 Å². The van der Waals surface area contributed by atoms with Crippen LogP contribution in [0.4, 0.5) is 0 Å². The SMILES string of the molecule is Cl.Cl.NC1(C(=O)NCc2cn3cc(Br)ccc3n2)CCOCC1. The number of hydrogen-bond donors (Lipinski definition) is 2. The number of nitrogens with zero attached hydrogens (tertiary/aromatic N) is 2. The number of carbonyl (C=O) groups is 1. The Hall–Kier alpha value is -0.860. The van der Waals surface area contributed by atoms with Crippen LogP contribution in [0, 0.1) is 0 Å². The fourth-order valence-electron chi connectivity index (χ4n) is 2.41. The predicted molar refractivity (Wildman–Crippen MR) is 96.2 cm³/mol. The third-order valence-electron chi connectivity index (χ3n) is 3.73. The van der Waals surface area contributed by atoms with Crippen molar-refractivity contribution >= 4 is 52.3 Å². The number of amides is 1. The standard InChI is InChI=1S/C14H17BrN4O2.2ClH/c15-10-1-2-12-18-11(9-19(12)8-10)7-17-13(20)14(16)3-5-21-6-4-14;;/h1-2,8-9H,3-7,16H2,(H,17,20);2*1H. The average Bonchev–Trinajstić information content (AvgIpc) is 2.87. The van der Waals surface area contributed by atoms with Crippen molar-refractivity contribution in [2.45, 2.75) is 24.9 Å². The molecule has 2 aromatic heterocycles. The second-order valence-corrected chi connectivity index (χ2v) is 6.21. The van der Waals surface area contributed by atoms with E-state index in [0.29, 0.717) is 32.6 Å². The molecule has 1 aliphatic rings. The molecule has 3 rings (SSSR count). The van der Waals surface area contributed by atoms with Gasteiger partial charge in [0, 0.05) is 30.1 Å². The molecule has 0 bridgehead atoms. The first kappa shape index (κ1) is 20.2. The number of nitrogens with one attached hydrogen (secondary N) is 1. The number of imidazole rings is 1. The molecule has 0 spiro atoms. The van der Waals surface area contributed by atoms with Crippen LogP contribution in [0.3, 0.4) is 0 Å². The summed E-state index contributed by atoms with van der Waals surface area (Å²) in [4.78, 5) is 16.7. The van der Waals surface area contributed by atoms with Crippen LogP contribution in [0.2, 0.25) is 0 Å². The van der Waals surface area contributed by atoms with Crippen molar-refractivity contribution in [3.05, 3.63) is 34.7 Å². The van der Waals surface area contributed by atoms with Crippen molar-refractivity contribution in [1.29, 1.82) is 0 Å². The summed E-state index contributed by atoms with van der Waals surface area (Å²) in [6.07, 6.45) is 4.93. The first-order valence-electron chi connectivity index (χ1n) is 6.85. The predicted octanol–water partition coefficient (Wildman–Crippen LogP) is 2.06. The van der Waals surface area contributed by atoms with Crippen molar-refractivity contribution in [1.82, 2.24) is 14.7 Å². The minimum absolute atomic E-state index is 0. The lowest BCUT2D eigenvalue weighted by Crippen LogP contribution is -2.56. The molecule has 6 nitrogen and oxygen atoms in total. The first-order chi connectivity index (χ1) is 10.1. The molecule has 0 unspecified atom stereocenters. The number of pyridine rings is 1. The Morgan fingerprint density at radius 3 is 2.74 bits per heavy atom. The molecule has 0 saturated carbocycles. The van der Waals surface area contributed by atoms with E-state index in [1.54, 1.807) is 0 Å². The highest BCUT2D eigenvalue weighted by Gasteiger charge is 2.35. The van der Waals surface area contributed by atoms with E-state index < -0.39 is 5.54 Å². The lowest BCUT2D eigenvalue weighted by molar-refractivity contribution is -0.129. The van der Waals surface area contributed by atoms with E-state index in [1.165, 1.54) is 0 Å². The van der Waals surface area contributed by atoms with Gasteiger partial charge in [-0.05, 0) is 40.9 Å². The Kier molecular flexibility index (Phi) is 7.29. The largest absolute Gasteiger partial charge is 0.381 e. The van der Waals surface area contributed by atoms with Crippen LogP contribution in [0.1, 0.15) is 18.5 Å². The molecule has 1 saturated heterocycles. The van der Waals surface area contributed by atoms with Crippen LogP contribution >= 0.6 is 40.7 Å². The maximum Gasteiger partial charge on any atom is 0.240 e. The number of ether oxygens (including phenoxy) is 1. The molecule has 1 fully saturated rings. The maximum atomic E-state index is 12.2. The molecular formula is C14H19BrCl2N4O2. The molecule has 3 N–H and O–H groups in total. The number of nitrogens with two attached hydrogens (primary N) is 1. The molecule has 1 aliphatic heterocycles. The number of halogens is 3. The summed E-state index contributed by atoms with van der Waals surface area (Å²) in [6.45, 7) is 1.44. The average molecular weight is 426 g/mol. The van der Waals surface area contributed by atoms with E-state index in [-0.39, 0.29) is 30.7 Å². The van der Waals surface area contributed by atoms with E-state index in [9.17, 15) is 4.79 Å². The van der Waals surface area contributed by atoms with Gasteiger partial charge in [0.05, 0.1) is 17.8 Å². The van der Waals surface area contributed by atoms with E-state index in [1.807, 2.05) is 28.9 Å². The van der Waals surface area contributed by atoms with Crippen LogP contribution in [-0.4, -0.2) is 34.0 Å². The third-order valence-corrected chi connectivity index (χ3v) is 4.20. The minimum Gasteiger partial charge on any atom is -0.381 e. The Balaban J connectivity index is 0.00000132. The summed E-state index contributed by atoms with van der Waals surface area (Å²) in [5, 5.41) is 2.88. The van der Waals surface area contributed by atoms with Crippen molar-refractivity contribution < 1.29 is 9.53 Å². The van der Waals surface area contributed by atoms with Crippen LogP contribution in [-0.2, 0) is 16.1 Å². The minimum atomic E-state index is -0.819. The molecule has 0 aliphatic carbocycles. The van der Waals surface area contributed by atoms with Crippen molar-refractivity contribution in [3.63, 3.8) is 0 Å². The van der Waals surface area contributed by atoms with E-state index in [4.69, 9.17) is 10.5 Å². The summed E-state index contributed by atoms with van der Waals surface area (Å²) in [6, 6.07) is 3.85. The molecule has 0 radical (unpaired) electrons. The lowest BCUT2D eigenvalue weighted by atomic mass is 9.90. The van der Waals surface area contributed by atoms with Crippen LogP contribution in [0.5, 0.6) is 0 Å². The van der Waals surface area contributed by atoms with E-state index in [0.717, 1.165) is 15.8 Å². The third kappa shape index (κ3) is 4.58. The quantitative estimate of drug-likeness (QED) is 0.788. The maximum absolute atomic E-state index is 12.2. The summed E-state index contributed by atoms with van der Waals surface area (Å²) in [5.41, 5.74) is 6.97. The zero-order chi connectivity index (χ0) is 14.9. The molecular weight excluding hydrogens is 407 g/mol. The summed E-state index contributed by atoms with van der Waals surface area (Å²) >= 11 is 3.42. The van der Waals surface area contributed by atoms with Crippen LogP contribution < -0.4 is 11.1 Å². The van der Waals surface area contributed by atoms with Gasteiger partial charge >= 0.3 is 0 Å². The number of carbonyl (C=O) groups excluding carboxylic acids is 1. The smallest absolute Gasteiger partial charge is 0.240 e. The van der Waals surface area contributed by atoms with Gasteiger partial charge in [0.25, 0.3) is 0 Å². The number of hydrogen-bond acceptors (Lipinski definition) is 4. The van der Waals surface area contributed by atoms with Gasteiger partial charge in [0.2, 0.25) is 5.91 Å². The second-order valence-electron chi connectivity index (χ2n) is 5.30. The second kappa shape index (κ2) is 8.30. The Labute approximate surface area is 155 Å². The van der Waals surface area contributed by atoms with Crippen molar-refractivity contribution in [2.75, 3.05) is 13.2 Å². The van der Waals surface area contributed by atoms with Gasteiger partial charge in [-0.3, -0.25) is 4.79 Å². The normalized spacial score (nSPS) is 16.3. The number of aromatic nitrogens is 2. The van der Waals surface area contributed by atoms with Crippen LogP contribution in [0.25, 0.3) is 5.65 Å². The monoisotopic (exact) mass is 424 g/mol. The summed E-state index contributed by atoms with van der Waals surface area (Å²) in [5.74, 6) is -0.135. The highest BCUT2D eigenvalue weighted by Crippen LogP contribution is 2.18. The molecule has 23 heavy (non-hydrogen) atoms. The van der Waals surface area contributed by atoms with Gasteiger partial charge < -0.3 is 20.2 Å². The van der Waals surface area contributed by atoms with Crippen molar-refractivity contribution in [3.8, 4) is 0 Å². The van der Waals surface area contributed by atoms with Crippen LogP contribution in [0.15, 0.2) is 29.0 Å². The Morgan fingerprint density at radius 1 is 1.35 bits per heavy atom. The molecule has 128 valence electrons. The fraction of sp³-hybridized carbons (Fsp3) is 0.429. The fourth-order valence-corrected chi connectivity index (χ4v) is 2.76. The van der Waals surface area contributed by atoms with Gasteiger partial charge in [-0.15, -0.1) is 24.8 Å². The van der Waals surface area contributed by atoms with E-state index >= 15 is 0 Å².